The van der Waals surface area contributed by atoms with E-state index in [1.807, 2.05) is 0 Å². The van der Waals surface area contributed by atoms with Gasteiger partial charge in [-0.3, -0.25) is 14.4 Å². The maximum atomic E-state index is 12.8. The molecule has 0 amide bonds. The Labute approximate surface area is 448 Å². The third-order valence-corrected chi connectivity index (χ3v) is 14.4. The highest BCUT2D eigenvalue weighted by Crippen LogP contribution is 2.17. The summed E-state index contributed by atoms with van der Waals surface area (Å²) in [5.41, 5.74) is 0. The Morgan fingerprint density at radius 3 is 0.778 bits per heavy atom. The third kappa shape index (κ3) is 58.5. The van der Waals surface area contributed by atoms with Crippen LogP contribution in [0.15, 0.2) is 36.5 Å². The largest absolute Gasteiger partial charge is 0.462 e. The van der Waals surface area contributed by atoms with Crippen LogP contribution in [0, 0.1) is 0 Å². The molecule has 0 radical (unpaired) electrons. The number of hydrogen-bond donors (Lipinski definition) is 0. The highest BCUT2D eigenvalue weighted by atomic mass is 16.6. The van der Waals surface area contributed by atoms with Gasteiger partial charge in [-0.2, -0.15) is 0 Å². The minimum absolute atomic E-state index is 0.0662. The quantitative estimate of drug-likeness (QED) is 0.0261. The summed E-state index contributed by atoms with van der Waals surface area (Å²) in [6.45, 7) is 6.65. The molecule has 0 spiro atoms. The van der Waals surface area contributed by atoms with Gasteiger partial charge in [0.05, 0.1) is 0 Å². The highest BCUT2D eigenvalue weighted by molar-refractivity contribution is 5.71. The van der Waals surface area contributed by atoms with Gasteiger partial charge in [0, 0.05) is 19.3 Å². The number of esters is 3. The van der Waals surface area contributed by atoms with Crippen molar-refractivity contribution in [3.63, 3.8) is 0 Å². The first-order valence-corrected chi connectivity index (χ1v) is 32.0. The van der Waals surface area contributed by atoms with Gasteiger partial charge in [0.15, 0.2) is 6.10 Å². The Bertz CT molecular complexity index is 1210. The number of hydrogen-bond acceptors (Lipinski definition) is 6. The van der Waals surface area contributed by atoms with Crippen LogP contribution in [0.5, 0.6) is 0 Å². The van der Waals surface area contributed by atoms with Crippen molar-refractivity contribution in [3.05, 3.63) is 36.5 Å². The average Bonchev–Trinajstić information content (AvgIpc) is 3.38. The molecule has 6 heteroatoms. The molecule has 0 aliphatic carbocycles. The molecule has 0 aromatic heterocycles. The maximum Gasteiger partial charge on any atom is 0.306 e. The van der Waals surface area contributed by atoms with Gasteiger partial charge in [-0.15, -0.1) is 0 Å². The highest BCUT2D eigenvalue weighted by Gasteiger charge is 2.19. The van der Waals surface area contributed by atoms with E-state index in [0.29, 0.717) is 19.3 Å². The Hall–Kier alpha value is -2.37. The fraction of sp³-hybridized carbons (Fsp3) is 0.864. The smallest absolute Gasteiger partial charge is 0.306 e. The molecule has 0 aromatic carbocycles. The van der Waals surface area contributed by atoms with Gasteiger partial charge in [0.25, 0.3) is 0 Å². The van der Waals surface area contributed by atoms with Gasteiger partial charge < -0.3 is 14.2 Å². The Morgan fingerprint density at radius 2 is 0.500 bits per heavy atom. The normalized spacial score (nSPS) is 12.2. The van der Waals surface area contributed by atoms with E-state index < -0.39 is 6.10 Å². The summed E-state index contributed by atoms with van der Waals surface area (Å²) in [6.07, 6.45) is 74.6. The standard InChI is InChI=1S/C66H122O6/c1-4-7-10-13-16-19-21-23-25-26-27-28-29-30-31-32-33-34-35-36-37-38-39-40-42-43-45-47-50-53-56-59-65(68)71-62-63(61-70-64(67)58-55-52-49-18-15-12-9-6-3)72-66(69)60-57-54-51-48-46-44-41-24-22-20-17-14-11-8-5-2/h21,23,26-27,29-30,63H,4-20,22,24-25,28,31-62H2,1-3H3/b23-21-,27-26-,30-29-. The second kappa shape index (κ2) is 61.2. The summed E-state index contributed by atoms with van der Waals surface area (Å²) in [4.78, 5) is 38.1. The summed E-state index contributed by atoms with van der Waals surface area (Å²) in [5.74, 6) is -0.849. The lowest BCUT2D eigenvalue weighted by atomic mass is 10.0. The monoisotopic (exact) mass is 1010 g/mol. The second-order valence-corrected chi connectivity index (χ2v) is 21.7. The van der Waals surface area contributed by atoms with Crippen LogP contribution in [0.1, 0.15) is 348 Å². The number of rotatable bonds is 59. The Morgan fingerprint density at radius 1 is 0.278 bits per heavy atom. The predicted molar refractivity (Wildman–Crippen MR) is 312 cm³/mol. The first-order valence-electron chi connectivity index (χ1n) is 32.0. The lowest BCUT2D eigenvalue weighted by Crippen LogP contribution is -2.30. The molecular weight excluding hydrogens is 889 g/mol. The summed E-state index contributed by atoms with van der Waals surface area (Å²) in [6, 6.07) is 0. The average molecular weight is 1010 g/mol. The van der Waals surface area contributed by atoms with Crippen molar-refractivity contribution < 1.29 is 28.6 Å². The van der Waals surface area contributed by atoms with E-state index in [2.05, 4.69) is 57.2 Å². The minimum Gasteiger partial charge on any atom is -0.462 e. The molecule has 0 saturated heterocycles. The molecule has 1 unspecified atom stereocenters. The zero-order chi connectivity index (χ0) is 52.2. The molecule has 422 valence electrons. The fourth-order valence-electron chi connectivity index (χ4n) is 9.57. The Kier molecular flexibility index (Phi) is 59.2. The van der Waals surface area contributed by atoms with Crippen LogP contribution in [0.2, 0.25) is 0 Å². The van der Waals surface area contributed by atoms with Crippen LogP contribution in [0.25, 0.3) is 0 Å². The summed E-state index contributed by atoms with van der Waals surface area (Å²) < 4.78 is 16.8. The first kappa shape index (κ1) is 69.6. The number of allylic oxidation sites excluding steroid dienone is 6. The molecule has 0 aliphatic rings. The molecular formula is C66H122O6. The molecule has 0 N–H and O–H groups in total. The molecule has 0 rings (SSSR count). The molecule has 0 aliphatic heterocycles. The van der Waals surface area contributed by atoms with Crippen LogP contribution in [0.4, 0.5) is 0 Å². The van der Waals surface area contributed by atoms with Crippen molar-refractivity contribution in [2.45, 2.75) is 354 Å². The van der Waals surface area contributed by atoms with E-state index in [-0.39, 0.29) is 31.1 Å². The van der Waals surface area contributed by atoms with Crippen molar-refractivity contribution >= 4 is 17.9 Å². The lowest BCUT2D eigenvalue weighted by Gasteiger charge is -2.18. The van der Waals surface area contributed by atoms with Gasteiger partial charge >= 0.3 is 17.9 Å². The molecule has 0 bridgehead atoms. The first-order chi connectivity index (χ1) is 35.5. The van der Waals surface area contributed by atoms with Gasteiger partial charge in [0.1, 0.15) is 13.2 Å². The van der Waals surface area contributed by atoms with Gasteiger partial charge in [-0.25, -0.2) is 0 Å². The van der Waals surface area contributed by atoms with E-state index in [4.69, 9.17) is 14.2 Å². The van der Waals surface area contributed by atoms with E-state index in [1.54, 1.807) is 0 Å². The SMILES string of the molecule is CCCCCCC/C=C\C/C=C\C/C=C\CCCCCCCCCCCCCCCCCCC(=O)OCC(COC(=O)CCCCCCCCCC)OC(=O)CCCCCCCCCCCCCCCCC. The number of carbonyl (C=O) groups excluding carboxylic acids is 3. The number of unbranched alkanes of at least 4 members (excludes halogenated alkanes) is 42. The van der Waals surface area contributed by atoms with Crippen LogP contribution in [0.3, 0.4) is 0 Å². The van der Waals surface area contributed by atoms with Crippen LogP contribution < -0.4 is 0 Å². The van der Waals surface area contributed by atoms with E-state index in [9.17, 15) is 14.4 Å². The fourth-order valence-corrected chi connectivity index (χ4v) is 9.57. The zero-order valence-electron chi connectivity index (χ0n) is 48.5. The van der Waals surface area contributed by atoms with Crippen molar-refractivity contribution in [2.75, 3.05) is 13.2 Å². The maximum absolute atomic E-state index is 12.8. The van der Waals surface area contributed by atoms with Crippen LogP contribution >= 0.6 is 0 Å². The molecule has 0 aromatic rings. The van der Waals surface area contributed by atoms with E-state index >= 15 is 0 Å². The van der Waals surface area contributed by atoms with E-state index in [0.717, 1.165) is 70.6 Å². The van der Waals surface area contributed by atoms with Crippen molar-refractivity contribution in [1.29, 1.82) is 0 Å². The molecule has 0 heterocycles. The molecule has 6 nitrogen and oxygen atoms in total. The number of ether oxygens (including phenoxy) is 3. The van der Waals surface area contributed by atoms with Gasteiger partial charge in [0.2, 0.25) is 0 Å². The number of carbonyl (C=O) groups is 3. The molecule has 0 fully saturated rings. The van der Waals surface area contributed by atoms with Crippen molar-refractivity contribution in [2.24, 2.45) is 0 Å². The van der Waals surface area contributed by atoms with Crippen LogP contribution in [-0.2, 0) is 28.6 Å². The topological polar surface area (TPSA) is 78.9 Å². The summed E-state index contributed by atoms with van der Waals surface area (Å²) >= 11 is 0. The summed E-state index contributed by atoms with van der Waals surface area (Å²) in [5, 5.41) is 0. The zero-order valence-corrected chi connectivity index (χ0v) is 48.5. The Balaban J connectivity index is 4.03. The van der Waals surface area contributed by atoms with Gasteiger partial charge in [-0.05, 0) is 57.8 Å². The molecule has 72 heavy (non-hydrogen) atoms. The van der Waals surface area contributed by atoms with Crippen LogP contribution in [-0.4, -0.2) is 37.2 Å². The summed E-state index contributed by atoms with van der Waals surface area (Å²) in [7, 11) is 0. The van der Waals surface area contributed by atoms with Crippen molar-refractivity contribution in [1.82, 2.24) is 0 Å². The second-order valence-electron chi connectivity index (χ2n) is 21.7. The third-order valence-electron chi connectivity index (χ3n) is 14.4. The van der Waals surface area contributed by atoms with Gasteiger partial charge in [-0.1, -0.05) is 308 Å². The molecule has 1 atom stereocenters. The predicted octanol–water partition coefficient (Wildman–Crippen LogP) is 21.6. The lowest BCUT2D eigenvalue weighted by molar-refractivity contribution is -0.167. The minimum atomic E-state index is -0.765. The van der Waals surface area contributed by atoms with Crippen molar-refractivity contribution in [3.8, 4) is 0 Å². The van der Waals surface area contributed by atoms with E-state index in [1.165, 1.54) is 238 Å². The molecule has 0 saturated carbocycles.